The molecule has 1 aromatic heterocycles. The molecule has 1 heterocycles. The number of aliphatic carboxylic acids is 2. The SMILES string of the molecule is CSCC[C@H](NC(=O)[C@H](CCC(=O)O)NC(=O)[C@@H](N)Cc1c[nH]cn1)C(=O)O. The highest BCUT2D eigenvalue weighted by Crippen LogP contribution is 2.05. The summed E-state index contributed by atoms with van der Waals surface area (Å²) in [6.07, 6.45) is 4.55. The fourth-order valence-corrected chi connectivity index (χ4v) is 2.77. The molecule has 12 heteroatoms. The molecule has 2 amide bonds. The highest BCUT2D eigenvalue weighted by atomic mass is 32.2. The van der Waals surface area contributed by atoms with E-state index in [9.17, 15) is 24.3 Å². The molecule has 0 saturated carbocycles. The number of H-pyrrole nitrogens is 1. The summed E-state index contributed by atoms with van der Waals surface area (Å²) in [5.41, 5.74) is 6.37. The Morgan fingerprint density at radius 2 is 1.86 bits per heavy atom. The summed E-state index contributed by atoms with van der Waals surface area (Å²) in [4.78, 5) is 53.6. The third-order valence-electron chi connectivity index (χ3n) is 3.83. The van der Waals surface area contributed by atoms with E-state index in [0.29, 0.717) is 11.4 Å². The maximum absolute atomic E-state index is 12.5. The molecule has 28 heavy (non-hydrogen) atoms. The average Bonchev–Trinajstić information content (AvgIpc) is 3.14. The van der Waals surface area contributed by atoms with Gasteiger partial charge in [0.15, 0.2) is 0 Å². The fraction of sp³-hybridized carbons (Fsp3) is 0.562. The summed E-state index contributed by atoms with van der Waals surface area (Å²) in [5, 5.41) is 22.9. The van der Waals surface area contributed by atoms with Gasteiger partial charge in [0.2, 0.25) is 11.8 Å². The molecule has 0 aliphatic carbocycles. The van der Waals surface area contributed by atoms with E-state index in [4.69, 9.17) is 10.8 Å². The predicted octanol–water partition coefficient (Wildman–Crippen LogP) is -1.05. The number of thioether (sulfide) groups is 1. The molecule has 0 bridgehead atoms. The van der Waals surface area contributed by atoms with Crippen LogP contribution in [0.15, 0.2) is 12.5 Å². The first kappa shape index (κ1) is 23.4. The number of rotatable bonds is 13. The maximum Gasteiger partial charge on any atom is 0.326 e. The molecule has 0 unspecified atom stereocenters. The summed E-state index contributed by atoms with van der Waals surface area (Å²) in [6.45, 7) is 0. The molecule has 156 valence electrons. The second-order valence-electron chi connectivity index (χ2n) is 6.05. The molecule has 0 fully saturated rings. The first-order valence-electron chi connectivity index (χ1n) is 8.52. The van der Waals surface area contributed by atoms with Crippen molar-refractivity contribution in [3.8, 4) is 0 Å². The van der Waals surface area contributed by atoms with Gasteiger partial charge in [0.25, 0.3) is 0 Å². The van der Waals surface area contributed by atoms with Crippen LogP contribution in [0, 0.1) is 0 Å². The van der Waals surface area contributed by atoms with E-state index < -0.39 is 41.9 Å². The first-order valence-corrected chi connectivity index (χ1v) is 9.91. The minimum atomic E-state index is -1.22. The minimum absolute atomic E-state index is 0.119. The number of carboxylic acid groups (broad SMARTS) is 2. The molecule has 1 aromatic rings. The van der Waals surface area contributed by atoms with Crippen molar-refractivity contribution in [1.29, 1.82) is 0 Å². The van der Waals surface area contributed by atoms with Crippen LogP contribution in [0.25, 0.3) is 0 Å². The van der Waals surface area contributed by atoms with E-state index in [0.717, 1.165) is 0 Å². The Hall–Kier alpha value is -2.60. The monoisotopic (exact) mass is 415 g/mol. The van der Waals surface area contributed by atoms with Crippen LogP contribution in [0.3, 0.4) is 0 Å². The molecule has 1 rings (SSSR count). The summed E-state index contributed by atoms with van der Waals surface area (Å²) < 4.78 is 0. The normalized spacial score (nSPS) is 13.9. The average molecular weight is 415 g/mol. The van der Waals surface area contributed by atoms with Gasteiger partial charge in [-0.15, -0.1) is 0 Å². The maximum atomic E-state index is 12.5. The largest absolute Gasteiger partial charge is 0.481 e. The number of carboxylic acids is 2. The number of hydrogen-bond donors (Lipinski definition) is 6. The van der Waals surface area contributed by atoms with Crippen LogP contribution in [0.2, 0.25) is 0 Å². The number of carbonyl (C=O) groups is 4. The molecule has 0 radical (unpaired) electrons. The van der Waals surface area contributed by atoms with Crippen LogP contribution in [0.4, 0.5) is 0 Å². The molecule has 3 atom stereocenters. The van der Waals surface area contributed by atoms with E-state index in [-0.39, 0.29) is 25.7 Å². The van der Waals surface area contributed by atoms with Gasteiger partial charge in [0.1, 0.15) is 12.1 Å². The number of imidazole rings is 1. The van der Waals surface area contributed by atoms with Crippen molar-refractivity contribution >= 4 is 35.5 Å². The highest BCUT2D eigenvalue weighted by Gasteiger charge is 2.28. The first-order chi connectivity index (χ1) is 13.2. The molecular formula is C16H25N5O6S. The van der Waals surface area contributed by atoms with Crippen molar-refractivity contribution in [3.63, 3.8) is 0 Å². The Morgan fingerprint density at radius 3 is 2.39 bits per heavy atom. The van der Waals surface area contributed by atoms with Gasteiger partial charge in [-0.25, -0.2) is 9.78 Å². The Kier molecular flexibility index (Phi) is 10.0. The number of nitrogens with one attached hydrogen (secondary N) is 3. The summed E-state index contributed by atoms with van der Waals surface area (Å²) >= 11 is 1.43. The van der Waals surface area contributed by atoms with Crippen molar-refractivity contribution in [2.45, 2.75) is 43.8 Å². The quantitative estimate of drug-likeness (QED) is 0.234. The van der Waals surface area contributed by atoms with Gasteiger partial charge in [0.05, 0.1) is 18.1 Å². The number of nitrogens with zero attached hydrogens (tertiary/aromatic N) is 1. The van der Waals surface area contributed by atoms with E-state index in [1.165, 1.54) is 18.1 Å². The van der Waals surface area contributed by atoms with Crippen molar-refractivity contribution < 1.29 is 29.4 Å². The lowest BCUT2D eigenvalue weighted by Gasteiger charge is -2.22. The lowest BCUT2D eigenvalue weighted by Crippen LogP contribution is -2.55. The number of amides is 2. The number of aromatic amines is 1. The molecule has 0 aliphatic rings. The van der Waals surface area contributed by atoms with Crippen LogP contribution in [-0.2, 0) is 25.6 Å². The third kappa shape index (κ3) is 8.39. The Balaban J connectivity index is 2.76. The van der Waals surface area contributed by atoms with E-state index in [1.807, 2.05) is 0 Å². The lowest BCUT2D eigenvalue weighted by molar-refractivity contribution is -0.143. The zero-order chi connectivity index (χ0) is 21.1. The summed E-state index contributed by atoms with van der Waals surface area (Å²) in [7, 11) is 0. The molecule has 0 aromatic carbocycles. The zero-order valence-corrected chi connectivity index (χ0v) is 16.2. The smallest absolute Gasteiger partial charge is 0.326 e. The van der Waals surface area contributed by atoms with E-state index >= 15 is 0 Å². The van der Waals surface area contributed by atoms with Crippen LogP contribution < -0.4 is 16.4 Å². The Morgan fingerprint density at radius 1 is 1.18 bits per heavy atom. The Labute approximate surface area is 165 Å². The molecule has 7 N–H and O–H groups in total. The predicted molar refractivity (Wildman–Crippen MR) is 102 cm³/mol. The van der Waals surface area contributed by atoms with E-state index in [2.05, 4.69) is 20.6 Å². The van der Waals surface area contributed by atoms with Crippen molar-refractivity contribution in [3.05, 3.63) is 18.2 Å². The Bertz CT molecular complexity index is 668. The van der Waals surface area contributed by atoms with Gasteiger partial charge in [-0.1, -0.05) is 0 Å². The minimum Gasteiger partial charge on any atom is -0.481 e. The zero-order valence-electron chi connectivity index (χ0n) is 15.4. The summed E-state index contributed by atoms with van der Waals surface area (Å²) in [5.74, 6) is -3.27. The van der Waals surface area contributed by atoms with Gasteiger partial charge >= 0.3 is 11.9 Å². The van der Waals surface area contributed by atoms with Gasteiger partial charge in [0, 0.05) is 19.0 Å². The second kappa shape index (κ2) is 12.0. The van der Waals surface area contributed by atoms with Crippen LogP contribution in [0.5, 0.6) is 0 Å². The van der Waals surface area contributed by atoms with Gasteiger partial charge in [-0.05, 0) is 24.9 Å². The number of carbonyl (C=O) groups excluding carboxylic acids is 2. The van der Waals surface area contributed by atoms with Crippen molar-refractivity contribution in [1.82, 2.24) is 20.6 Å². The van der Waals surface area contributed by atoms with Crippen LogP contribution in [0.1, 0.15) is 25.0 Å². The highest BCUT2D eigenvalue weighted by molar-refractivity contribution is 7.98. The molecular weight excluding hydrogens is 390 g/mol. The van der Waals surface area contributed by atoms with Crippen LogP contribution in [-0.4, -0.2) is 74.1 Å². The van der Waals surface area contributed by atoms with E-state index in [1.54, 1.807) is 12.5 Å². The van der Waals surface area contributed by atoms with Gasteiger partial charge in [-0.2, -0.15) is 11.8 Å². The second-order valence-corrected chi connectivity index (χ2v) is 7.03. The number of nitrogens with two attached hydrogens (primary N) is 1. The number of aromatic nitrogens is 2. The molecule has 0 spiro atoms. The molecule has 0 saturated heterocycles. The lowest BCUT2D eigenvalue weighted by atomic mass is 10.1. The summed E-state index contributed by atoms with van der Waals surface area (Å²) in [6, 6.07) is -3.36. The molecule has 0 aliphatic heterocycles. The van der Waals surface area contributed by atoms with Crippen molar-refractivity contribution in [2.24, 2.45) is 5.73 Å². The standard InChI is InChI=1S/C16H25N5O6S/c1-28-5-4-12(16(26)27)21-15(25)11(2-3-13(22)23)20-14(24)10(17)6-9-7-18-8-19-9/h7-8,10-12H,2-6,17H2,1H3,(H,18,19)(H,20,24)(H,21,25)(H,22,23)(H,26,27)/t10-,11-,12-/m0/s1. The van der Waals surface area contributed by atoms with Crippen LogP contribution >= 0.6 is 11.8 Å². The van der Waals surface area contributed by atoms with Gasteiger partial charge < -0.3 is 31.6 Å². The van der Waals surface area contributed by atoms with Crippen molar-refractivity contribution in [2.75, 3.05) is 12.0 Å². The topological polar surface area (TPSA) is 187 Å². The fourth-order valence-electron chi connectivity index (χ4n) is 2.30. The number of hydrogen-bond acceptors (Lipinski definition) is 7. The van der Waals surface area contributed by atoms with Gasteiger partial charge in [-0.3, -0.25) is 14.4 Å². The molecule has 11 nitrogen and oxygen atoms in total. The third-order valence-corrected chi connectivity index (χ3v) is 4.47.